The lowest BCUT2D eigenvalue weighted by Crippen LogP contribution is -2.38. The normalized spacial score (nSPS) is 30.4. The summed E-state index contributed by atoms with van der Waals surface area (Å²) in [4.78, 5) is 2.65. The maximum atomic E-state index is 3.63. The molecule has 2 nitrogen and oxygen atoms in total. The summed E-state index contributed by atoms with van der Waals surface area (Å²) in [6, 6.07) is 0.825. The molecule has 2 saturated heterocycles. The number of nitrogens with one attached hydrogen (secondary N) is 1. The van der Waals surface area contributed by atoms with Gasteiger partial charge in [-0.15, -0.1) is 0 Å². The van der Waals surface area contributed by atoms with Crippen molar-refractivity contribution in [1.29, 1.82) is 0 Å². The van der Waals surface area contributed by atoms with Crippen LogP contribution < -0.4 is 5.32 Å². The number of hydrogen-bond donors (Lipinski definition) is 1. The van der Waals surface area contributed by atoms with Crippen LogP contribution in [0.1, 0.15) is 44.9 Å². The van der Waals surface area contributed by atoms with Gasteiger partial charge in [0.2, 0.25) is 0 Å². The van der Waals surface area contributed by atoms with Crippen LogP contribution in [0.3, 0.4) is 0 Å². The standard InChI is InChI=1S/C12H24N2/c1-4-9-14(10-5-1)11-7-12-6-2-3-8-13-12/h12-13H,1-11H2/t12-/m1/s1. The van der Waals surface area contributed by atoms with Crippen molar-refractivity contribution in [1.82, 2.24) is 10.2 Å². The molecule has 2 heteroatoms. The first kappa shape index (κ1) is 10.4. The van der Waals surface area contributed by atoms with Gasteiger partial charge in [-0.25, -0.2) is 0 Å². The summed E-state index contributed by atoms with van der Waals surface area (Å²) in [5, 5.41) is 3.63. The average Bonchev–Trinajstić information content (AvgIpc) is 2.29. The smallest absolute Gasteiger partial charge is 0.00792 e. The van der Waals surface area contributed by atoms with Gasteiger partial charge < -0.3 is 10.2 Å². The Balaban J connectivity index is 1.60. The van der Waals surface area contributed by atoms with Crippen LogP contribution in [-0.4, -0.2) is 37.1 Å². The highest BCUT2D eigenvalue weighted by Crippen LogP contribution is 2.13. The second kappa shape index (κ2) is 5.72. The first-order chi connectivity index (χ1) is 6.95. The minimum atomic E-state index is 0.825. The summed E-state index contributed by atoms with van der Waals surface area (Å²) < 4.78 is 0. The van der Waals surface area contributed by atoms with E-state index < -0.39 is 0 Å². The molecule has 2 fully saturated rings. The van der Waals surface area contributed by atoms with E-state index in [2.05, 4.69) is 10.2 Å². The second-order valence-electron chi connectivity index (χ2n) is 4.84. The van der Waals surface area contributed by atoms with Crippen LogP contribution in [0.4, 0.5) is 0 Å². The van der Waals surface area contributed by atoms with E-state index in [9.17, 15) is 0 Å². The molecule has 1 N–H and O–H groups in total. The van der Waals surface area contributed by atoms with E-state index in [1.165, 1.54) is 71.1 Å². The monoisotopic (exact) mass is 196 g/mol. The van der Waals surface area contributed by atoms with Gasteiger partial charge in [-0.3, -0.25) is 0 Å². The Morgan fingerprint density at radius 3 is 2.57 bits per heavy atom. The van der Waals surface area contributed by atoms with E-state index in [1.807, 2.05) is 0 Å². The number of hydrogen-bond acceptors (Lipinski definition) is 2. The van der Waals surface area contributed by atoms with Gasteiger partial charge in [0.15, 0.2) is 0 Å². The molecule has 0 aromatic rings. The van der Waals surface area contributed by atoms with Crippen molar-refractivity contribution >= 4 is 0 Å². The molecule has 1 atom stereocenters. The third kappa shape index (κ3) is 3.25. The Labute approximate surface area is 88.1 Å². The fourth-order valence-corrected chi connectivity index (χ4v) is 2.69. The Hall–Kier alpha value is -0.0800. The lowest BCUT2D eigenvalue weighted by molar-refractivity contribution is 0.211. The Morgan fingerprint density at radius 2 is 1.86 bits per heavy atom. The van der Waals surface area contributed by atoms with E-state index >= 15 is 0 Å². The SMILES string of the molecule is C1CCN(CC[C@H]2CCCCN2)CC1. The molecule has 0 aliphatic carbocycles. The highest BCUT2D eigenvalue weighted by Gasteiger charge is 2.15. The van der Waals surface area contributed by atoms with Crippen LogP contribution in [0.2, 0.25) is 0 Å². The van der Waals surface area contributed by atoms with E-state index in [1.54, 1.807) is 0 Å². The maximum absolute atomic E-state index is 3.63. The molecule has 82 valence electrons. The Morgan fingerprint density at radius 1 is 1.00 bits per heavy atom. The molecule has 2 heterocycles. The van der Waals surface area contributed by atoms with E-state index in [-0.39, 0.29) is 0 Å². The first-order valence-electron chi connectivity index (χ1n) is 6.41. The van der Waals surface area contributed by atoms with Crippen LogP contribution in [0.25, 0.3) is 0 Å². The van der Waals surface area contributed by atoms with Crippen molar-refractivity contribution in [2.24, 2.45) is 0 Å². The predicted molar refractivity (Wildman–Crippen MR) is 60.5 cm³/mol. The molecule has 0 radical (unpaired) electrons. The van der Waals surface area contributed by atoms with E-state index in [0.29, 0.717) is 0 Å². The van der Waals surface area contributed by atoms with Crippen LogP contribution in [0, 0.1) is 0 Å². The van der Waals surface area contributed by atoms with Crippen molar-refractivity contribution in [3.8, 4) is 0 Å². The van der Waals surface area contributed by atoms with Crippen LogP contribution >= 0.6 is 0 Å². The summed E-state index contributed by atoms with van der Waals surface area (Å²) in [6.45, 7) is 5.29. The van der Waals surface area contributed by atoms with Gasteiger partial charge in [0.05, 0.1) is 0 Å². The lowest BCUT2D eigenvalue weighted by Gasteiger charge is -2.30. The quantitative estimate of drug-likeness (QED) is 0.743. The van der Waals surface area contributed by atoms with E-state index in [4.69, 9.17) is 0 Å². The van der Waals surface area contributed by atoms with Crippen molar-refractivity contribution in [2.45, 2.75) is 51.0 Å². The van der Waals surface area contributed by atoms with Crippen LogP contribution in [0.15, 0.2) is 0 Å². The zero-order valence-electron chi connectivity index (χ0n) is 9.30. The molecule has 2 aliphatic heterocycles. The van der Waals surface area contributed by atoms with Crippen molar-refractivity contribution in [2.75, 3.05) is 26.2 Å². The Bertz CT molecular complexity index is 128. The van der Waals surface area contributed by atoms with Gasteiger partial charge in [0.25, 0.3) is 0 Å². The largest absolute Gasteiger partial charge is 0.314 e. The molecule has 2 rings (SSSR count). The number of rotatable bonds is 3. The summed E-state index contributed by atoms with van der Waals surface area (Å²) in [7, 11) is 0. The zero-order valence-corrected chi connectivity index (χ0v) is 9.30. The van der Waals surface area contributed by atoms with E-state index in [0.717, 1.165) is 6.04 Å². The lowest BCUT2D eigenvalue weighted by atomic mass is 10.0. The van der Waals surface area contributed by atoms with Gasteiger partial charge in [-0.05, 0) is 58.3 Å². The fraction of sp³-hybridized carbons (Fsp3) is 1.00. The van der Waals surface area contributed by atoms with Crippen LogP contribution in [0.5, 0.6) is 0 Å². The summed E-state index contributed by atoms with van der Waals surface area (Å²) in [5.74, 6) is 0. The molecule has 0 spiro atoms. The summed E-state index contributed by atoms with van der Waals surface area (Å²) >= 11 is 0. The Kier molecular flexibility index (Phi) is 4.26. The van der Waals surface area contributed by atoms with Gasteiger partial charge in [-0.2, -0.15) is 0 Å². The third-order valence-electron chi connectivity index (χ3n) is 3.65. The summed E-state index contributed by atoms with van der Waals surface area (Å²) in [5.41, 5.74) is 0. The van der Waals surface area contributed by atoms with Gasteiger partial charge >= 0.3 is 0 Å². The van der Waals surface area contributed by atoms with Crippen molar-refractivity contribution in [3.63, 3.8) is 0 Å². The maximum Gasteiger partial charge on any atom is 0.00792 e. The molecule has 0 saturated carbocycles. The van der Waals surface area contributed by atoms with Gasteiger partial charge in [-0.1, -0.05) is 12.8 Å². The van der Waals surface area contributed by atoms with Gasteiger partial charge in [0.1, 0.15) is 0 Å². The molecule has 0 bridgehead atoms. The minimum absolute atomic E-state index is 0.825. The molecular weight excluding hydrogens is 172 g/mol. The van der Waals surface area contributed by atoms with Gasteiger partial charge in [0, 0.05) is 6.04 Å². The average molecular weight is 196 g/mol. The molecule has 2 aliphatic rings. The number of likely N-dealkylation sites (tertiary alicyclic amines) is 1. The minimum Gasteiger partial charge on any atom is -0.314 e. The predicted octanol–water partition coefficient (Wildman–Crippen LogP) is 2.00. The molecule has 0 aromatic carbocycles. The molecule has 0 aromatic heterocycles. The van der Waals surface area contributed by atoms with Crippen molar-refractivity contribution < 1.29 is 0 Å². The zero-order chi connectivity index (χ0) is 9.64. The second-order valence-corrected chi connectivity index (χ2v) is 4.84. The summed E-state index contributed by atoms with van der Waals surface area (Å²) in [6.07, 6.45) is 9.93. The van der Waals surface area contributed by atoms with Crippen LogP contribution in [-0.2, 0) is 0 Å². The number of piperidine rings is 2. The molecule has 0 unspecified atom stereocenters. The highest BCUT2D eigenvalue weighted by atomic mass is 15.1. The third-order valence-corrected chi connectivity index (χ3v) is 3.65. The topological polar surface area (TPSA) is 15.3 Å². The molecule has 0 amide bonds. The molecular formula is C12H24N2. The fourth-order valence-electron chi connectivity index (χ4n) is 2.69. The highest BCUT2D eigenvalue weighted by molar-refractivity contribution is 4.74. The first-order valence-corrected chi connectivity index (χ1v) is 6.41. The number of nitrogens with zero attached hydrogens (tertiary/aromatic N) is 1. The van der Waals surface area contributed by atoms with Crippen molar-refractivity contribution in [3.05, 3.63) is 0 Å². The molecule has 14 heavy (non-hydrogen) atoms.